The number of carboxylic acids is 1. The molecule has 3 atom stereocenters. The summed E-state index contributed by atoms with van der Waals surface area (Å²) in [6.45, 7) is 0.676. The molecule has 0 bridgehead atoms. The van der Waals surface area contributed by atoms with Crippen LogP contribution in [0.5, 0.6) is 0 Å². The molecule has 0 aromatic heterocycles. The predicted molar refractivity (Wildman–Crippen MR) is 71.7 cm³/mol. The number of amides is 2. The van der Waals surface area contributed by atoms with Crippen LogP contribution in [0.15, 0.2) is 24.3 Å². The summed E-state index contributed by atoms with van der Waals surface area (Å²) in [5.41, 5.74) is 0. The van der Waals surface area contributed by atoms with Crippen LogP contribution in [-0.2, 0) is 4.79 Å². The maximum Gasteiger partial charge on any atom is 0.315 e. The van der Waals surface area contributed by atoms with Gasteiger partial charge in [0.05, 0.1) is 12.0 Å². The summed E-state index contributed by atoms with van der Waals surface area (Å²) in [5.74, 6) is -0.801. The van der Waals surface area contributed by atoms with Crippen molar-refractivity contribution in [3.05, 3.63) is 24.3 Å². The molecule has 0 spiro atoms. The molecule has 5 nitrogen and oxygen atoms in total. The smallest absolute Gasteiger partial charge is 0.315 e. The zero-order valence-corrected chi connectivity index (χ0v) is 10.8. The summed E-state index contributed by atoms with van der Waals surface area (Å²) in [4.78, 5) is 22.5. The molecule has 19 heavy (non-hydrogen) atoms. The minimum Gasteiger partial charge on any atom is -0.481 e. The molecule has 0 fully saturated rings. The molecule has 0 radical (unpaired) electrons. The van der Waals surface area contributed by atoms with Gasteiger partial charge in [0.2, 0.25) is 0 Å². The number of rotatable bonds is 4. The highest BCUT2D eigenvalue weighted by Gasteiger charge is 2.25. The molecule has 0 aromatic rings. The molecule has 0 heterocycles. The molecule has 3 unspecified atom stereocenters. The monoisotopic (exact) mass is 264 g/mol. The third-order valence-corrected chi connectivity index (χ3v) is 3.65. The van der Waals surface area contributed by atoms with Crippen LogP contribution in [0.2, 0.25) is 0 Å². The normalized spacial score (nSPS) is 29.2. The van der Waals surface area contributed by atoms with Crippen molar-refractivity contribution in [1.82, 2.24) is 10.6 Å². The number of carbonyl (C=O) groups excluding carboxylic acids is 1. The van der Waals surface area contributed by atoms with Gasteiger partial charge in [-0.05, 0) is 31.6 Å². The van der Waals surface area contributed by atoms with Gasteiger partial charge in [0.1, 0.15) is 0 Å². The number of aliphatic carboxylic acids is 1. The van der Waals surface area contributed by atoms with Gasteiger partial charge in [0, 0.05) is 6.54 Å². The van der Waals surface area contributed by atoms with E-state index < -0.39 is 11.9 Å². The standard InChI is InChI=1S/C14H20N2O3/c17-13(18)11-6-7-12(8-11)16-14(19)15-9-10-4-2-1-3-5-10/h1-2,6-7,10-12H,3-5,8-9H2,(H,17,18)(H2,15,16,19). The Hall–Kier alpha value is -1.78. The molecular weight excluding hydrogens is 244 g/mol. The van der Waals surface area contributed by atoms with E-state index in [0.29, 0.717) is 18.9 Å². The van der Waals surface area contributed by atoms with E-state index in [1.807, 2.05) is 0 Å². The summed E-state index contributed by atoms with van der Waals surface area (Å²) in [6, 6.07) is -0.386. The van der Waals surface area contributed by atoms with E-state index in [4.69, 9.17) is 5.11 Å². The number of carbonyl (C=O) groups is 2. The van der Waals surface area contributed by atoms with Crippen LogP contribution in [0, 0.1) is 11.8 Å². The minimum atomic E-state index is -0.838. The Morgan fingerprint density at radius 2 is 2.11 bits per heavy atom. The first-order valence-electron chi connectivity index (χ1n) is 6.75. The maximum absolute atomic E-state index is 11.7. The molecule has 0 saturated heterocycles. The van der Waals surface area contributed by atoms with Gasteiger partial charge >= 0.3 is 12.0 Å². The lowest BCUT2D eigenvalue weighted by Gasteiger charge is -2.19. The van der Waals surface area contributed by atoms with Crippen molar-refractivity contribution in [1.29, 1.82) is 0 Å². The van der Waals surface area contributed by atoms with Gasteiger partial charge in [0.15, 0.2) is 0 Å². The van der Waals surface area contributed by atoms with Gasteiger partial charge in [-0.2, -0.15) is 0 Å². The predicted octanol–water partition coefficient (Wildman–Crippen LogP) is 1.67. The first-order valence-corrected chi connectivity index (χ1v) is 6.75. The Morgan fingerprint density at radius 3 is 2.74 bits per heavy atom. The van der Waals surface area contributed by atoms with E-state index in [1.165, 1.54) is 0 Å². The van der Waals surface area contributed by atoms with Crippen molar-refractivity contribution in [2.45, 2.75) is 31.7 Å². The Balaban J connectivity index is 1.66. The highest BCUT2D eigenvalue weighted by atomic mass is 16.4. The van der Waals surface area contributed by atoms with Gasteiger partial charge in [-0.15, -0.1) is 0 Å². The second-order valence-electron chi connectivity index (χ2n) is 5.18. The van der Waals surface area contributed by atoms with E-state index >= 15 is 0 Å². The molecule has 2 amide bonds. The summed E-state index contributed by atoms with van der Waals surface area (Å²) < 4.78 is 0. The van der Waals surface area contributed by atoms with Gasteiger partial charge in [-0.25, -0.2) is 4.79 Å². The highest BCUT2D eigenvalue weighted by molar-refractivity contribution is 5.76. The lowest BCUT2D eigenvalue weighted by atomic mass is 9.94. The molecule has 0 aliphatic heterocycles. The molecular formula is C14H20N2O3. The molecule has 0 aromatic carbocycles. The number of nitrogens with one attached hydrogen (secondary N) is 2. The fourth-order valence-corrected chi connectivity index (χ4v) is 2.49. The van der Waals surface area contributed by atoms with Crippen LogP contribution in [0.25, 0.3) is 0 Å². The second kappa shape index (κ2) is 6.41. The van der Waals surface area contributed by atoms with E-state index in [2.05, 4.69) is 22.8 Å². The zero-order chi connectivity index (χ0) is 13.7. The van der Waals surface area contributed by atoms with Crippen LogP contribution < -0.4 is 10.6 Å². The Labute approximate surface area is 112 Å². The summed E-state index contributed by atoms with van der Waals surface area (Å²) in [6.07, 6.45) is 11.4. The van der Waals surface area contributed by atoms with Crippen molar-refractivity contribution in [3.63, 3.8) is 0 Å². The Morgan fingerprint density at radius 1 is 1.26 bits per heavy atom. The van der Waals surface area contributed by atoms with Gasteiger partial charge < -0.3 is 15.7 Å². The molecule has 2 rings (SSSR count). The Bertz CT molecular complexity index is 403. The van der Waals surface area contributed by atoms with E-state index in [0.717, 1.165) is 19.3 Å². The van der Waals surface area contributed by atoms with Crippen molar-refractivity contribution in [2.24, 2.45) is 11.8 Å². The zero-order valence-electron chi connectivity index (χ0n) is 10.8. The molecule has 2 aliphatic rings. The Kier molecular flexibility index (Phi) is 4.60. The van der Waals surface area contributed by atoms with Crippen molar-refractivity contribution in [2.75, 3.05) is 6.54 Å². The number of hydrogen-bond acceptors (Lipinski definition) is 2. The third kappa shape index (κ3) is 4.12. The first-order chi connectivity index (χ1) is 9.15. The SMILES string of the molecule is O=C(NCC1CC=CCC1)NC1C=CC(C(=O)O)C1. The lowest BCUT2D eigenvalue weighted by Crippen LogP contribution is -2.42. The average molecular weight is 264 g/mol. The lowest BCUT2D eigenvalue weighted by molar-refractivity contribution is -0.140. The van der Waals surface area contributed by atoms with Crippen LogP contribution in [-0.4, -0.2) is 29.7 Å². The van der Waals surface area contributed by atoms with Gasteiger partial charge in [-0.3, -0.25) is 4.79 Å². The fourth-order valence-electron chi connectivity index (χ4n) is 2.49. The first kappa shape index (κ1) is 13.6. The average Bonchev–Trinajstić information content (AvgIpc) is 2.86. The number of allylic oxidation sites excluding steroid dienone is 2. The number of hydrogen-bond donors (Lipinski definition) is 3. The topological polar surface area (TPSA) is 78.4 Å². The van der Waals surface area contributed by atoms with Crippen LogP contribution in [0.3, 0.4) is 0 Å². The summed E-state index contributed by atoms with van der Waals surface area (Å²) in [7, 11) is 0. The van der Waals surface area contributed by atoms with Crippen LogP contribution >= 0.6 is 0 Å². The minimum absolute atomic E-state index is 0.174. The fraction of sp³-hybridized carbons (Fsp3) is 0.571. The highest BCUT2D eigenvalue weighted by Crippen LogP contribution is 2.18. The summed E-state index contributed by atoms with van der Waals surface area (Å²) >= 11 is 0. The molecule has 2 aliphatic carbocycles. The third-order valence-electron chi connectivity index (χ3n) is 3.65. The van der Waals surface area contributed by atoms with Gasteiger partial charge in [-0.1, -0.05) is 24.3 Å². The van der Waals surface area contributed by atoms with Crippen LogP contribution in [0.1, 0.15) is 25.7 Å². The summed E-state index contributed by atoms with van der Waals surface area (Å²) in [5, 5.41) is 14.5. The van der Waals surface area contributed by atoms with Crippen molar-refractivity contribution >= 4 is 12.0 Å². The quantitative estimate of drug-likeness (QED) is 0.676. The molecule has 104 valence electrons. The van der Waals surface area contributed by atoms with Crippen LogP contribution in [0.4, 0.5) is 4.79 Å². The second-order valence-corrected chi connectivity index (χ2v) is 5.18. The molecule has 5 heteroatoms. The number of urea groups is 1. The van der Waals surface area contributed by atoms with Gasteiger partial charge in [0.25, 0.3) is 0 Å². The molecule has 0 saturated carbocycles. The van der Waals surface area contributed by atoms with Crippen molar-refractivity contribution < 1.29 is 14.7 Å². The molecule has 3 N–H and O–H groups in total. The number of carboxylic acid groups (broad SMARTS) is 1. The largest absolute Gasteiger partial charge is 0.481 e. The van der Waals surface area contributed by atoms with E-state index in [9.17, 15) is 9.59 Å². The van der Waals surface area contributed by atoms with E-state index in [1.54, 1.807) is 12.2 Å². The van der Waals surface area contributed by atoms with Crippen molar-refractivity contribution in [3.8, 4) is 0 Å². The maximum atomic E-state index is 11.7. The van der Waals surface area contributed by atoms with E-state index in [-0.39, 0.29) is 12.1 Å².